The third-order valence-corrected chi connectivity index (χ3v) is 17.5. The smallest absolute Gasteiger partial charge is 0.339 e. The molecule has 2 heterocycles. The molecule has 0 spiro atoms. The lowest BCUT2D eigenvalue weighted by molar-refractivity contribution is -0.232. The first-order valence-electron chi connectivity index (χ1n) is 21.2. The molecule has 11 heteroatoms. The molecule has 0 bridgehead atoms. The van der Waals surface area contributed by atoms with Gasteiger partial charge in [-0.3, -0.25) is 14.4 Å². The van der Waals surface area contributed by atoms with Crippen LogP contribution in [0.1, 0.15) is 107 Å². The van der Waals surface area contributed by atoms with Gasteiger partial charge in [0.1, 0.15) is 6.10 Å². The number of aliphatic hydroxyl groups excluding tert-OH is 2. The number of hydrogen-bond acceptors (Lipinski definition) is 10. The molecule has 0 radical (unpaired) electrons. The minimum absolute atomic E-state index is 0.00956. The molecule has 11 nitrogen and oxygen atoms in total. The second-order valence-corrected chi connectivity index (χ2v) is 21.1. The molecule has 8 fully saturated rings. The van der Waals surface area contributed by atoms with Crippen LogP contribution < -0.4 is 0 Å². The summed E-state index contributed by atoms with van der Waals surface area (Å²) in [5, 5.41) is 33.1. The molecule has 310 valence electrons. The van der Waals surface area contributed by atoms with Crippen LogP contribution in [0.4, 0.5) is 0 Å². The van der Waals surface area contributed by atoms with Crippen molar-refractivity contribution in [2.45, 2.75) is 154 Å². The van der Waals surface area contributed by atoms with E-state index in [4.69, 9.17) is 18.9 Å². The zero-order valence-corrected chi connectivity index (χ0v) is 34.6. The molecule has 0 amide bonds. The van der Waals surface area contributed by atoms with Gasteiger partial charge in [-0.05, 0) is 127 Å². The van der Waals surface area contributed by atoms with Gasteiger partial charge in [-0.1, -0.05) is 51.0 Å². The second kappa shape index (κ2) is 12.2. The van der Waals surface area contributed by atoms with Gasteiger partial charge in [0.05, 0.1) is 18.3 Å². The summed E-state index contributed by atoms with van der Waals surface area (Å²) < 4.78 is 24.7. The fourth-order valence-electron chi connectivity index (χ4n) is 15.4. The van der Waals surface area contributed by atoms with Crippen LogP contribution in [-0.4, -0.2) is 86.3 Å². The van der Waals surface area contributed by atoms with Gasteiger partial charge in [-0.2, -0.15) is 0 Å². The van der Waals surface area contributed by atoms with Crippen LogP contribution in [0, 0.1) is 57.2 Å². The molecule has 57 heavy (non-hydrogen) atoms. The summed E-state index contributed by atoms with van der Waals surface area (Å²) in [6, 6.07) is 0. The van der Waals surface area contributed by atoms with Crippen LogP contribution in [0.5, 0.6) is 0 Å². The highest BCUT2D eigenvalue weighted by Crippen LogP contribution is 2.72. The molecule has 2 saturated heterocycles. The first-order valence-corrected chi connectivity index (χ1v) is 21.2. The van der Waals surface area contributed by atoms with Crippen molar-refractivity contribution < 1.29 is 53.4 Å². The van der Waals surface area contributed by atoms with Crippen molar-refractivity contribution in [2.75, 3.05) is 0 Å². The molecule has 10 unspecified atom stereocenters. The number of allylic oxidation sites excluding steroid dienone is 8. The van der Waals surface area contributed by atoms with Crippen molar-refractivity contribution in [2.24, 2.45) is 57.2 Å². The molecule has 3 N–H and O–H groups in total. The molecular formula is C46H60O11. The van der Waals surface area contributed by atoms with Crippen LogP contribution in [-0.2, 0) is 38.1 Å². The fourth-order valence-corrected chi connectivity index (χ4v) is 15.4. The summed E-state index contributed by atoms with van der Waals surface area (Å²) in [6.45, 7) is 15.6. The number of hydrogen-bond donors (Lipinski definition) is 3. The SMILES string of the molecule is CC1(C)O[C@@H]2CC3C4CCC5=CC(=O)C=CC5(C)C4[C@@H](O)CC3(C)[C@]2(C(=O)O)O1.CC1(C)O[C@@H]2CC3C4CCC5=CC(=O)C=CC5(C)C4[C@@H](O)CC3(C)[C@]2(C=O)O1. The zero-order valence-electron chi connectivity index (χ0n) is 34.6. The predicted octanol–water partition coefficient (Wildman–Crippen LogP) is 5.81. The normalized spacial score (nSPS) is 52.9. The molecule has 8 aliphatic carbocycles. The summed E-state index contributed by atoms with van der Waals surface area (Å²) in [5.41, 5.74) is -2.06. The highest BCUT2D eigenvalue weighted by Gasteiger charge is 2.78. The molecular weight excluding hydrogens is 728 g/mol. The van der Waals surface area contributed by atoms with E-state index in [9.17, 15) is 34.5 Å². The van der Waals surface area contributed by atoms with Crippen molar-refractivity contribution in [3.63, 3.8) is 0 Å². The summed E-state index contributed by atoms with van der Waals surface area (Å²) >= 11 is 0. The fraction of sp³-hybridized carbons (Fsp3) is 0.739. The summed E-state index contributed by atoms with van der Waals surface area (Å²) in [6.07, 6.45) is 15.4. The van der Waals surface area contributed by atoms with E-state index >= 15 is 0 Å². The van der Waals surface area contributed by atoms with Gasteiger partial charge in [0.2, 0.25) is 0 Å². The largest absolute Gasteiger partial charge is 0.479 e. The van der Waals surface area contributed by atoms with Gasteiger partial charge in [0.15, 0.2) is 40.6 Å². The Morgan fingerprint density at radius 3 is 1.67 bits per heavy atom. The lowest BCUT2D eigenvalue weighted by Gasteiger charge is -2.59. The van der Waals surface area contributed by atoms with Gasteiger partial charge in [-0.15, -0.1) is 0 Å². The van der Waals surface area contributed by atoms with Crippen molar-refractivity contribution in [1.82, 2.24) is 0 Å². The molecule has 0 aromatic heterocycles. The Kier molecular flexibility index (Phi) is 8.46. The van der Waals surface area contributed by atoms with Crippen LogP contribution >= 0.6 is 0 Å². The van der Waals surface area contributed by atoms with Crippen molar-refractivity contribution in [3.05, 3.63) is 47.6 Å². The van der Waals surface area contributed by atoms with Gasteiger partial charge in [0.25, 0.3) is 0 Å². The van der Waals surface area contributed by atoms with E-state index < -0.39 is 57.9 Å². The maximum absolute atomic E-state index is 12.6. The topological polar surface area (TPSA) is 166 Å². The van der Waals surface area contributed by atoms with E-state index in [-0.39, 0.29) is 64.0 Å². The van der Waals surface area contributed by atoms with Gasteiger partial charge < -0.3 is 34.3 Å². The first kappa shape index (κ1) is 39.6. The minimum atomic E-state index is -1.44. The Balaban J connectivity index is 0.000000148. The molecule has 16 atom stereocenters. The predicted molar refractivity (Wildman–Crippen MR) is 206 cm³/mol. The van der Waals surface area contributed by atoms with Crippen LogP contribution in [0.2, 0.25) is 0 Å². The standard InChI is InChI=1S/C23H30O6.C23H30O5/c1-20(2)28-17-10-15-14-6-5-12-9-13(24)7-8-21(12,3)18(14)16(25)11-22(15,4)23(17,29-20)19(26)27;1-20(2)27-18-10-16-15-6-5-13-9-14(25)7-8-21(13,3)19(15)17(26)11-22(16,4)23(18,12-24)28-20/h7-9,14-18,25H,5-6,10-11H2,1-4H3,(H,26,27);7-9,12,15-19,26H,5-6,10-11H2,1-4H3/t14?,15?,16-,17+,18?,21?,22?,23-;15?,16?,17-,18+,19?,21?,22?,23+/m00/s1. The van der Waals surface area contributed by atoms with Gasteiger partial charge in [0, 0.05) is 33.5 Å². The highest BCUT2D eigenvalue weighted by atomic mass is 16.8. The Hall–Kier alpha value is -2.80. The van der Waals surface area contributed by atoms with E-state index in [0.29, 0.717) is 19.3 Å². The number of carbonyl (C=O) groups excluding carboxylic acids is 3. The lowest BCUT2D eigenvalue weighted by atomic mass is 9.46. The number of rotatable bonds is 2. The number of carboxylic acids is 1. The number of aldehydes is 1. The van der Waals surface area contributed by atoms with E-state index in [2.05, 4.69) is 20.8 Å². The summed E-state index contributed by atoms with van der Waals surface area (Å²) in [7, 11) is 0. The van der Waals surface area contributed by atoms with E-state index in [1.165, 1.54) is 0 Å². The zero-order chi connectivity index (χ0) is 41.1. The third kappa shape index (κ3) is 5.05. The molecule has 0 aromatic carbocycles. The van der Waals surface area contributed by atoms with E-state index in [0.717, 1.165) is 49.5 Å². The van der Waals surface area contributed by atoms with Crippen molar-refractivity contribution >= 4 is 23.8 Å². The average Bonchev–Trinajstić information content (AvgIpc) is 3.72. The average molecular weight is 789 g/mol. The quantitative estimate of drug-likeness (QED) is 0.289. The number of aliphatic hydroxyl groups is 2. The number of ether oxygens (including phenoxy) is 4. The molecule has 10 aliphatic rings. The monoisotopic (exact) mass is 788 g/mol. The molecule has 6 saturated carbocycles. The van der Waals surface area contributed by atoms with Gasteiger partial charge >= 0.3 is 5.97 Å². The third-order valence-electron chi connectivity index (χ3n) is 17.5. The van der Waals surface area contributed by atoms with Crippen LogP contribution in [0.3, 0.4) is 0 Å². The number of carboxylic acid groups (broad SMARTS) is 1. The molecule has 2 aliphatic heterocycles. The minimum Gasteiger partial charge on any atom is -0.479 e. The number of aliphatic carboxylic acids is 1. The Morgan fingerprint density at radius 2 is 1.16 bits per heavy atom. The van der Waals surface area contributed by atoms with Crippen molar-refractivity contribution in [3.8, 4) is 0 Å². The van der Waals surface area contributed by atoms with Crippen LogP contribution in [0.25, 0.3) is 0 Å². The summed E-state index contributed by atoms with van der Waals surface area (Å²) in [5.74, 6) is -1.93. The van der Waals surface area contributed by atoms with Crippen molar-refractivity contribution in [1.29, 1.82) is 0 Å². The number of fused-ring (bicyclic) bond motifs is 14. The lowest BCUT2D eigenvalue weighted by Crippen LogP contribution is -2.63. The van der Waals surface area contributed by atoms with Gasteiger partial charge in [-0.25, -0.2) is 4.79 Å². The summed E-state index contributed by atoms with van der Waals surface area (Å²) in [4.78, 5) is 48.8. The second-order valence-electron chi connectivity index (χ2n) is 21.1. The van der Waals surface area contributed by atoms with E-state index in [1.54, 1.807) is 38.2 Å². The molecule has 0 aromatic rings. The number of ketones is 2. The maximum Gasteiger partial charge on any atom is 0.339 e. The molecule has 10 rings (SSSR count). The number of carbonyl (C=O) groups is 4. The van der Waals surface area contributed by atoms with Crippen LogP contribution in [0.15, 0.2) is 47.6 Å². The Morgan fingerprint density at radius 1 is 0.702 bits per heavy atom. The first-order chi connectivity index (χ1) is 26.5. The maximum atomic E-state index is 12.6. The Labute approximate surface area is 335 Å². The van der Waals surface area contributed by atoms with E-state index in [1.807, 2.05) is 32.9 Å². The highest BCUT2D eigenvalue weighted by molar-refractivity contribution is 6.01. The Bertz CT molecular complexity index is 1940.